The van der Waals surface area contributed by atoms with E-state index in [0.717, 1.165) is 24.1 Å². The van der Waals surface area contributed by atoms with Crippen LogP contribution in [0, 0.1) is 0 Å². The van der Waals surface area contributed by atoms with Crippen molar-refractivity contribution < 1.29 is 9.90 Å². The van der Waals surface area contributed by atoms with E-state index in [1.54, 1.807) is 16.2 Å². The Kier molecular flexibility index (Phi) is 3.89. The fraction of sp³-hybridized carbons (Fsp3) is 0.667. The van der Waals surface area contributed by atoms with E-state index in [9.17, 15) is 9.90 Å². The van der Waals surface area contributed by atoms with Crippen LogP contribution in [0.4, 0.5) is 0 Å². The first-order valence-corrected chi connectivity index (χ1v) is 8.14. The van der Waals surface area contributed by atoms with Crippen LogP contribution in [-0.2, 0) is 12.8 Å². The number of carbonyl (C=O) groups excluding carboxylic acids is 1. The standard InChI is InChI=1S/C15H21NO2S/c17-12-7-8-16(10-12)15(18)14-9-11-5-3-1-2-4-6-13(11)19-14/h9,12,17H,1-8,10H2. The lowest BCUT2D eigenvalue weighted by molar-refractivity contribution is 0.0769. The first-order valence-electron chi connectivity index (χ1n) is 7.33. The average molecular weight is 279 g/mol. The molecule has 1 N–H and O–H groups in total. The maximum Gasteiger partial charge on any atom is 0.264 e. The Balaban J connectivity index is 1.77. The number of amides is 1. The third kappa shape index (κ3) is 2.84. The lowest BCUT2D eigenvalue weighted by atomic mass is 10.00. The lowest BCUT2D eigenvalue weighted by Crippen LogP contribution is -2.28. The van der Waals surface area contributed by atoms with Gasteiger partial charge in [0.05, 0.1) is 11.0 Å². The summed E-state index contributed by atoms with van der Waals surface area (Å²) in [5.41, 5.74) is 1.40. The van der Waals surface area contributed by atoms with Crippen LogP contribution in [0.1, 0.15) is 52.2 Å². The summed E-state index contributed by atoms with van der Waals surface area (Å²) in [4.78, 5) is 16.5. The van der Waals surface area contributed by atoms with Crippen LogP contribution in [0.5, 0.6) is 0 Å². The zero-order valence-corrected chi connectivity index (χ0v) is 12.0. The molecule has 0 radical (unpaired) electrons. The van der Waals surface area contributed by atoms with E-state index >= 15 is 0 Å². The Morgan fingerprint density at radius 3 is 2.79 bits per heavy atom. The number of hydrogen-bond donors (Lipinski definition) is 1. The Hall–Kier alpha value is -0.870. The molecule has 104 valence electrons. The van der Waals surface area contributed by atoms with Gasteiger partial charge in [0.2, 0.25) is 0 Å². The van der Waals surface area contributed by atoms with Crippen molar-refractivity contribution in [2.75, 3.05) is 13.1 Å². The maximum absolute atomic E-state index is 12.4. The van der Waals surface area contributed by atoms with Gasteiger partial charge in [-0.05, 0) is 43.7 Å². The highest BCUT2D eigenvalue weighted by molar-refractivity contribution is 7.14. The summed E-state index contributed by atoms with van der Waals surface area (Å²) in [5, 5.41) is 9.54. The van der Waals surface area contributed by atoms with Gasteiger partial charge >= 0.3 is 0 Å². The van der Waals surface area contributed by atoms with Gasteiger partial charge in [-0.25, -0.2) is 0 Å². The molecule has 3 rings (SSSR count). The van der Waals surface area contributed by atoms with Crippen molar-refractivity contribution in [3.05, 3.63) is 21.4 Å². The van der Waals surface area contributed by atoms with Crippen LogP contribution < -0.4 is 0 Å². The van der Waals surface area contributed by atoms with Gasteiger partial charge in [-0.2, -0.15) is 0 Å². The third-order valence-electron chi connectivity index (χ3n) is 4.16. The fourth-order valence-corrected chi connectivity index (χ4v) is 4.25. The largest absolute Gasteiger partial charge is 0.391 e. The highest BCUT2D eigenvalue weighted by Crippen LogP contribution is 2.29. The van der Waals surface area contributed by atoms with Gasteiger partial charge in [0, 0.05) is 18.0 Å². The highest BCUT2D eigenvalue weighted by Gasteiger charge is 2.27. The van der Waals surface area contributed by atoms with Gasteiger partial charge in [0.25, 0.3) is 5.91 Å². The van der Waals surface area contributed by atoms with Crippen molar-refractivity contribution in [2.45, 2.75) is 51.0 Å². The third-order valence-corrected chi connectivity index (χ3v) is 5.38. The van der Waals surface area contributed by atoms with Crippen molar-refractivity contribution in [3.8, 4) is 0 Å². The number of carbonyl (C=O) groups is 1. The van der Waals surface area contributed by atoms with Gasteiger partial charge in [-0.1, -0.05) is 12.8 Å². The summed E-state index contributed by atoms with van der Waals surface area (Å²) in [6.07, 6.45) is 7.79. The quantitative estimate of drug-likeness (QED) is 0.858. The smallest absolute Gasteiger partial charge is 0.264 e. The number of fused-ring (bicyclic) bond motifs is 1. The van der Waals surface area contributed by atoms with Crippen LogP contribution in [0.3, 0.4) is 0 Å². The number of hydrogen-bond acceptors (Lipinski definition) is 3. The predicted octanol–water partition coefficient (Wildman–Crippen LogP) is 2.61. The Labute approximate surface area is 118 Å². The highest BCUT2D eigenvalue weighted by atomic mass is 32.1. The molecule has 0 saturated carbocycles. The monoisotopic (exact) mass is 279 g/mol. The Bertz CT molecular complexity index is 443. The summed E-state index contributed by atoms with van der Waals surface area (Å²) in [7, 11) is 0. The number of aryl methyl sites for hydroxylation is 2. The Morgan fingerprint density at radius 1 is 1.26 bits per heavy atom. The molecule has 2 heterocycles. The number of aliphatic hydroxyl groups excluding tert-OH is 1. The van der Waals surface area contributed by atoms with Crippen LogP contribution >= 0.6 is 11.3 Å². The molecule has 1 aromatic heterocycles. The molecule has 1 unspecified atom stereocenters. The molecule has 1 aliphatic heterocycles. The molecule has 0 bridgehead atoms. The first-order chi connectivity index (χ1) is 9.24. The molecule has 1 aromatic rings. The molecule has 1 amide bonds. The van der Waals surface area contributed by atoms with Crippen molar-refractivity contribution in [1.82, 2.24) is 4.90 Å². The van der Waals surface area contributed by atoms with E-state index in [1.165, 1.54) is 36.1 Å². The van der Waals surface area contributed by atoms with E-state index in [0.29, 0.717) is 13.1 Å². The predicted molar refractivity (Wildman–Crippen MR) is 76.7 cm³/mol. The zero-order valence-electron chi connectivity index (χ0n) is 11.2. The molecule has 1 atom stereocenters. The number of nitrogens with zero attached hydrogens (tertiary/aromatic N) is 1. The molecular formula is C15H21NO2S. The molecular weight excluding hydrogens is 258 g/mol. The zero-order chi connectivity index (χ0) is 13.2. The summed E-state index contributed by atoms with van der Waals surface area (Å²) in [6.45, 7) is 1.20. The lowest BCUT2D eigenvalue weighted by Gasteiger charge is -2.13. The second kappa shape index (κ2) is 5.63. The average Bonchev–Trinajstić information content (AvgIpc) is 2.95. The van der Waals surface area contributed by atoms with E-state index in [-0.39, 0.29) is 12.0 Å². The van der Waals surface area contributed by atoms with Crippen LogP contribution in [0.25, 0.3) is 0 Å². The van der Waals surface area contributed by atoms with Crippen LogP contribution in [0.2, 0.25) is 0 Å². The maximum atomic E-state index is 12.4. The molecule has 0 aromatic carbocycles. The summed E-state index contributed by atoms with van der Waals surface area (Å²) < 4.78 is 0. The van der Waals surface area contributed by atoms with E-state index in [4.69, 9.17) is 0 Å². The molecule has 1 fully saturated rings. The van der Waals surface area contributed by atoms with Crippen molar-refractivity contribution in [2.24, 2.45) is 0 Å². The minimum Gasteiger partial charge on any atom is -0.391 e. The van der Waals surface area contributed by atoms with Crippen molar-refractivity contribution in [1.29, 1.82) is 0 Å². The van der Waals surface area contributed by atoms with Gasteiger partial charge in [-0.3, -0.25) is 4.79 Å². The summed E-state index contributed by atoms with van der Waals surface area (Å²) >= 11 is 1.68. The van der Waals surface area contributed by atoms with E-state index in [1.807, 2.05) is 0 Å². The number of likely N-dealkylation sites (tertiary alicyclic amines) is 1. The molecule has 4 heteroatoms. The van der Waals surface area contributed by atoms with E-state index in [2.05, 4.69) is 6.07 Å². The molecule has 1 saturated heterocycles. The van der Waals surface area contributed by atoms with Gasteiger partial charge in [-0.15, -0.1) is 11.3 Å². The van der Waals surface area contributed by atoms with Gasteiger partial charge < -0.3 is 10.0 Å². The van der Waals surface area contributed by atoms with Gasteiger partial charge in [0.15, 0.2) is 0 Å². The molecule has 2 aliphatic rings. The summed E-state index contributed by atoms with van der Waals surface area (Å²) in [6, 6.07) is 2.11. The minimum atomic E-state index is -0.329. The topological polar surface area (TPSA) is 40.5 Å². The fourth-order valence-electron chi connectivity index (χ4n) is 3.03. The number of β-amino-alcohol motifs (C(OH)–C–C–N with tert-alkyl or cyclic N) is 1. The van der Waals surface area contributed by atoms with Crippen LogP contribution in [0.15, 0.2) is 6.07 Å². The Morgan fingerprint density at radius 2 is 2.05 bits per heavy atom. The van der Waals surface area contributed by atoms with Crippen molar-refractivity contribution in [3.63, 3.8) is 0 Å². The van der Waals surface area contributed by atoms with Crippen molar-refractivity contribution >= 4 is 17.2 Å². The van der Waals surface area contributed by atoms with Crippen LogP contribution in [-0.4, -0.2) is 35.1 Å². The SMILES string of the molecule is O=C(c1cc2c(s1)CCCCCC2)N1CCC(O)C1. The van der Waals surface area contributed by atoms with Gasteiger partial charge in [0.1, 0.15) is 0 Å². The first kappa shape index (κ1) is 13.1. The molecule has 19 heavy (non-hydrogen) atoms. The molecule has 0 spiro atoms. The second-order valence-corrected chi connectivity index (χ2v) is 6.80. The normalized spacial score (nSPS) is 23.8. The molecule has 3 nitrogen and oxygen atoms in total. The summed E-state index contributed by atoms with van der Waals surface area (Å²) in [5.74, 6) is 0.119. The number of rotatable bonds is 1. The second-order valence-electron chi connectivity index (χ2n) is 5.67. The molecule has 1 aliphatic carbocycles. The van der Waals surface area contributed by atoms with E-state index < -0.39 is 0 Å². The minimum absolute atomic E-state index is 0.119. The number of aliphatic hydroxyl groups is 1. The number of thiophene rings is 1.